The second kappa shape index (κ2) is 8.47. The zero-order valence-electron chi connectivity index (χ0n) is 14.6. The van der Waals surface area contributed by atoms with Crippen LogP contribution in [-0.2, 0) is 0 Å². The third-order valence-electron chi connectivity index (χ3n) is 3.77. The van der Waals surface area contributed by atoms with Crippen molar-refractivity contribution >= 4 is 5.69 Å². The van der Waals surface area contributed by atoms with Gasteiger partial charge in [-0.2, -0.15) is 0 Å². The van der Waals surface area contributed by atoms with Gasteiger partial charge in [0.25, 0.3) is 0 Å². The maximum atomic E-state index is 5.84. The van der Waals surface area contributed by atoms with Crippen molar-refractivity contribution in [3.8, 4) is 11.5 Å². The van der Waals surface area contributed by atoms with Crippen LogP contribution in [0.25, 0.3) is 0 Å². The van der Waals surface area contributed by atoms with Crippen LogP contribution in [0.3, 0.4) is 0 Å². The SMILES string of the molecule is CCC(C)Oc1cccc(NCCOc2ccc(C)cc2C)c1. The zero-order chi connectivity index (χ0) is 16.7. The summed E-state index contributed by atoms with van der Waals surface area (Å²) in [5.74, 6) is 1.85. The second-order valence-corrected chi connectivity index (χ2v) is 5.91. The molecule has 0 aromatic heterocycles. The van der Waals surface area contributed by atoms with Crippen molar-refractivity contribution in [2.45, 2.75) is 40.2 Å². The number of benzene rings is 2. The van der Waals surface area contributed by atoms with Gasteiger partial charge in [-0.15, -0.1) is 0 Å². The minimum absolute atomic E-state index is 0.234. The maximum absolute atomic E-state index is 5.84. The summed E-state index contributed by atoms with van der Waals surface area (Å²) in [6.45, 7) is 9.74. The van der Waals surface area contributed by atoms with Crippen LogP contribution in [0.4, 0.5) is 5.69 Å². The Labute approximate surface area is 139 Å². The highest BCUT2D eigenvalue weighted by Gasteiger charge is 2.02. The highest BCUT2D eigenvalue weighted by Crippen LogP contribution is 2.20. The van der Waals surface area contributed by atoms with Gasteiger partial charge in [-0.3, -0.25) is 0 Å². The summed E-state index contributed by atoms with van der Waals surface area (Å²) in [5.41, 5.74) is 3.48. The molecule has 0 radical (unpaired) electrons. The molecule has 2 aromatic carbocycles. The number of aryl methyl sites for hydroxylation is 2. The molecule has 2 rings (SSSR count). The van der Waals surface area contributed by atoms with E-state index in [0.717, 1.165) is 30.2 Å². The van der Waals surface area contributed by atoms with E-state index in [1.54, 1.807) is 0 Å². The van der Waals surface area contributed by atoms with E-state index in [1.807, 2.05) is 30.3 Å². The molecule has 1 atom stereocenters. The van der Waals surface area contributed by atoms with Crippen molar-refractivity contribution in [1.82, 2.24) is 0 Å². The van der Waals surface area contributed by atoms with E-state index in [9.17, 15) is 0 Å². The first-order valence-corrected chi connectivity index (χ1v) is 8.29. The predicted molar refractivity (Wildman–Crippen MR) is 96.7 cm³/mol. The number of ether oxygens (including phenoxy) is 2. The Bertz CT molecular complexity index is 625. The fourth-order valence-electron chi connectivity index (χ4n) is 2.31. The van der Waals surface area contributed by atoms with Crippen molar-refractivity contribution in [3.05, 3.63) is 53.6 Å². The van der Waals surface area contributed by atoms with E-state index in [-0.39, 0.29) is 6.10 Å². The molecule has 0 spiro atoms. The lowest BCUT2D eigenvalue weighted by Crippen LogP contribution is -2.13. The van der Waals surface area contributed by atoms with Gasteiger partial charge >= 0.3 is 0 Å². The molecule has 0 aliphatic carbocycles. The molecule has 0 saturated heterocycles. The van der Waals surface area contributed by atoms with Gasteiger partial charge in [-0.25, -0.2) is 0 Å². The summed E-state index contributed by atoms with van der Waals surface area (Å²) >= 11 is 0. The Morgan fingerprint density at radius 3 is 2.65 bits per heavy atom. The smallest absolute Gasteiger partial charge is 0.122 e. The van der Waals surface area contributed by atoms with E-state index < -0.39 is 0 Å². The van der Waals surface area contributed by atoms with Crippen LogP contribution in [0, 0.1) is 13.8 Å². The molecule has 3 nitrogen and oxygen atoms in total. The van der Waals surface area contributed by atoms with Crippen LogP contribution in [0.2, 0.25) is 0 Å². The first kappa shape index (κ1) is 17.2. The average molecular weight is 313 g/mol. The number of nitrogens with one attached hydrogen (secondary N) is 1. The molecule has 0 saturated carbocycles. The largest absolute Gasteiger partial charge is 0.491 e. The topological polar surface area (TPSA) is 30.5 Å². The normalized spacial score (nSPS) is 11.8. The van der Waals surface area contributed by atoms with E-state index >= 15 is 0 Å². The Morgan fingerprint density at radius 2 is 1.91 bits per heavy atom. The highest BCUT2D eigenvalue weighted by molar-refractivity contribution is 5.48. The minimum Gasteiger partial charge on any atom is -0.491 e. The molecule has 0 heterocycles. The summed E-state index contributed by atoms with van der Waals surface area (Å²) in [6, 6.07) is 14.3. The summed E-state index contributed by atoms with van der Waals surface area (Å²) in [7, 11) is 0. The molecule has 0 bridgehead atoms. The molecule has 0 amide bonds. The molecule has 0 fully saturated rings. The van der Waals surface area contributed by atoms with Crippen molar-refractivity contribution in [3.63, 3.8) is 0 Å². The molecule has 2 aromatic rings. The van der Waals surface area contributed by atoms with E-state index in [2.05, 4.69) is 45.1 Å². The number of hydrogen-bond acceptors (Lipinski definition) is 3. The maximum Gasteiger partial charge on any atom is 0.122 e. The van der Waals surface area contributed by atoms with Crippen molar-refractivity contribution in [1.29, 1.82) is 0 Å². The predicted octanol–water partition coefficient (Wildman–Crippen LogP) is 4.97. The van der Waals surface area contributed by atoms with Crippen LogP contribution in [0.5, 0.6) is 11.5 Å². The second-order valence-electron chi connectivity index (χ2n) is 5.91. The van der Waals surface area contributed by atoms with E-state index in [0.29, 0.717) is 6.61 Å². The molecule has 0 aliphatic rings. The van der Waals surface area contributed by atoms with Crippen LogP contribution >= 0.6 is 0 Å². The van der Waals surface area contributed by atoms with Gasteiger partial charge in [0.2, 0.25) is 0 Å². The van der Waals surface area contributed by atoms with Crippen LogP contribution < -0.4 is 14.8 Å². The molecular formula is C20H27NO2. The fourth-order valence-corrected chi connectivity index (χ4v) is 2.31. The van der Waals surface area contributed by atoms with Gasteiger partial charge in [-0.1, -0.05) is 30.7 Å². The summed E-state index contributed by atoms with van der Waals surface area (Å²) in [6.07, 6.45) is 1.24. The molecule has 3 heteroatoms. The standard InChI is InChI=1S/C20H27NO2/c1-5-17(4)23-19-8-6-7-18(14-19)21-11-12-22-20-10-9-15(2)13-16(20)3/h6-10,13-14,17,21H,5,11-12H2,1-4H3. The minimum atomic E-state index is 0.234. The van der Waals surface area contributed by atoms with Crippen molar-refractivity contribution in [2.75, 3.05) is 18.5 Å². The zero-order valence-corrected chi connectivity index (χ0v) is 14.6. The molecule has 23 heavy (non-hydrogen) atoms. The summed E-state index contributed by atoms with van der Waals surface area (Å²) < 4.78 is 11.7. The van der Waals surface area contributed by atoms with Crippen molar-refractivity contribution < 1.29 is 9.47 Å². The van der Waals surface area contributed by atoms with Gasteiger partial charge < -0.3 is 14.8 Å². The Morgan fingerprint density at radius 1 is 1.09 bits per heavy atom. The molecule has 124 valence electrons. The van der Waals surface area contributed by atoms with Gasteiger partial charge in [-0.05, 0) is 51.0 Å². The monoisotopic (exact) mass is 313 g/mol. The molecule has 1 unspecified atom stereocenters. The quantitative estimate of drug-likeness (QED) is 0.698. The number of anilines is 1. The fraction of sp³-hybridized carbons (Fsp3) is 0.400. The summed E-state index contributed by atoms with van der Waals surface area (Å²) in [5, 5.41) is 3.37. The van der Waals surface area contributed by atoms with E-state index in [1.165, 1.54) is 11.1 Å². The first-order valence-electron chi connectivity index (χ1n) is 8.29. The first-order chi connectivity index (χ1) is 11.1. The molecule has 1 N–H and O–H groups in total. The molecular weight excluding hydrogens is 286 g/mol. The molecule has 0 aliphatic heterocycles. The lowest BCUT2D eigenvalue weighted by molar-refractivity contribution is 0.217. The summed E-state index contributed by atoms with van der Waals surface area (Å²) in [4.78, 5) is 0. The van der Waals surface area contributed by atoms with Crippen LogP contribution in [0.15, 0.2) is 42.5 Å². The van der Waals surface area contributed by atoms with Crippen LogP contribution in [0.1, 0.15) is 31.4 Å². The van der Waals surface area contributed by atoms with Gasteiger partial charge in [0.1, 0.15) is 18.1 Å². The third-order valence-corrected chi connectivity index (χ3v) is 3.77. The van der Waals surface area contributed by atoms with E-state index in [4.69, 9.17) is 9.47 Å². The average Bonchev–Trinajstić information content (AvgIpc) is 2.53. The Hall–Kier alpha value is -2.16. The van der Waals surface area contributed by atoms with Gasteiger partial charge in [0.15, 0.2) is 0 Å². The lowest BCUT2D eigenvalue weighted by Gasteiger charge is -2.14. The highest BCUT2D eigenvalue weighted by atomic mass is 16.5. The van der Waals surface area contributed by atoms with Gasteiger partial charge in [0, 0.05) is 18.3 Å². The number of rotatable bonds is 8. The lowest BCUT2D eigenvalue weighted by atomic mass is 10.1. The Balaban J connectivity index is 1.81. The van der Waals surface area contributed by atoms with Gasteiger partial charge in [0.05, 0.1) is 6.10 Å². The van der Waals surface area contributed by atoms with Crippen LogP contribution in [-0.4, -0.2) is 19.3 Å². The van der Waals surface area contributed by atoms with Crippen molar-refractivity contribution in [2.24, 2.45) is 0 Å². The third kappa shape index (κ3) is 5.51. The number of hydrogen-bond donors (Lipinski definition) is 1. The Kier molecular flexibility index (Phi) is 6.33.